The van der Waals surface area contributed by atoms with Crippen molar-refractivity contribution in [2.24, 2.45) is 5.16 Å². The van der Waals surface area contributed by atoms with E-state index in [2.05, 4.69) is 10.5 Å². The van der Waals surface area contributed by atoms with Crippen LogP contribution in [0.25, 0.3) is 0 Å². The average molecular weight is 270 g/mol. The summed E-state index contributed by atoms with van der Waals surface area (Å²) in [5.41, 5.74) is 2.30. The molecule has 1 N–H and O–H groups in total. The number of carbonyl (C=O) groups excluding carboxylic acids is 2. The topological polar surface area (TPSA) is 67.8 Å². The van der Waals surface area contributed by atoms with Crippen LogP contribution in [-0.2, 0) is 9.63 Å². The van der Waals surface area contributed by atoms with Gasteiger partial charge in [0.15, 0.2) is 5.78 Å². The Balaban J connectivity index is 2.01. The molecule has 0 spiro atoms. The van der Waals surface area contributed by atoms with Crippen LogP contribution in [0.1, 0.15) is 13.8 Å². The maximum absolute atomic E-state index is 11.6. The number of rotatable bonds is 2. The number of allylic oxidation sites excluding steroid dienone is 4. The Kier molecular flexibility index (Phi) is 4.10. The fourth-order valence-corrected chi connectivity index (χ4v) is 1.63. The predicted molar refractivity (Wildman–Crippen MR) is 76.5 cm³/mol. The fourth-order valence-electron chi connectivity index (χ4n) is 1.63. The minimum absolute atomic E-state index is 0.0600. The normalized spacial score (nSPS) is 16.5. The van der Waals surface area contributed by atoms with Gasteiger partial charge in [0.05, 0.1) is 0 Å². The Morgan fingerprint density at radius 2 is 1.80 bits per heavy atom. The average Bonchev–Trinajstić information content (AvgIpc) is 2.42. The molecule has 20 heavy (non-hydrogen) atoms. The number of carbonyl (C=O) groups is 2. The molecule has 2 rings (SSSR count). The maximum Gasteiger partial charge on any atom is 0.437 e. The van der Waals surface area contributed by atoms with Gasteiger partial charge >= 0.3 is 6.09 Å². The van der Waals surface area contributed by atoms with Gasteiger partial charge in [0.2, 0.25) is 0 Å². The zero-order valence-corrected chi connectivity index (χ0v) is 11.2. The quantitative estimate of drug-likeness (QED) is 0.510. The van der Waals surface area contributed by atoms with E-state index in [4.69, 9.17) is 4.84 Å². The third kappa shape index (κ3) is 3.41. The second kappa shape index (κ2) is 5.97. The summed E-state index contributed by atoms with van der Waals surface area (Å²) in [5, 5.41) is 6.29. The van der Waals surface area contributed by atoms with Crippen molar-refractivity contribution in [1.29, 1.82) is 0 Å². The molecule has 0 heterocycles. The lowest BCUT2D eigenvalue weighted by Gasteiger charge is -2.08. The molecule has 0 unspecified atom stereocenters. The van der Waals surface area contributed by atoms with E-state index in [0.717, 1.165) is 0 Å². The van der Waals surface area contributed by atoms with E-state index in [9.17, 15) is 9.59 Å². The first-order valence-electron chi connectivity index (χ1n) is 6.08. The number of amides is 1. The molecule has 1 aromatic carbocycles. The number of oxime groups is 1. The Morgan fingerprint density at radius 1 is 1.10 bits per heavy atom. The largest absolute Gasteiger partial charge is 0.437 e. The maximum atomic E-state index is 11.6. The summed E-state index contributed by atoms with van der Waals surface area (Å²) in [7, 11) is 0. The highest BCUT2D eigenvalue weighted by atomic mass is 16.7. The summed E-state index contributed by atoms with van der Waals surface area (Å²) < 4.78 is 0. The molecule has 0 radical (unpaired) electrons. The Bertz CT molecular complexity index is 628. The molecular formula is C15H14N2O3. The number of hydrogen-bond acceptors (Lipinski definition) is 4. The van der Waals surface area contributed by atoms with E-state index < -0.39 is 6.09 Å². The first-order valence-corrected chi connectivity index (χ1v) is 6.08. The van der Waals surface area contributed by atoms with Gasteiger partial charge in [0.1, 0.15) is 5.71 Å². The lowest BCUT2D eigenvalue weighted by atomic mass is 9.99. The van der Waals surface area contributed by atoms with Gasteiger partial charge in [-0.25, -0.2) is 4.79 Å². The number of anilines is 1. The lowest BCUT2D eigenvalue weighted by molar-refractivity contribution is -0.111. The van der Waals surface area contributed by atoms with Crippen LogP contribution in [0, 0.1) is 0 Å². The third-order valence-electron chi connectivity index (χ3n) is 2.74. The van der Waals surface area contributed by atoms with Crippen molar-refractivity contribution >= 4 is 23.3 Å². The van der Waals surface area contributed by atoms with E-state index in [1.54, 1.807) is 44.2 Å². The summed E-state index contributed by atoms with van der Waals surface area (Å²) in [6.45, 7) is 3.42. The van der Waals surface area contributed by atoms with Crippen molar-refractivity contribution in [3.8, 4) is 0 Å². The first kappa shape index (κ1) is 13.7. The van der Waals surface area contributed by atoms with Gasteiger partial charge in [-0.1, -0.05) is 23.4 Å². The summed E-state index contributed by atoms with van der Waals surface area (Å²) in [6.07, 6.45) is 2.37. The van der Waals surface area contributed by atoms with Crippen LogP contribution < -0.4 is 5.32 Å². The van der Waals surface area contributed by atoms with E-state index in [-0.39, 0.29) is 5.78 Å². The summed E-state index contributed by atoms with van der Waals surface area (Å²) >= 11 is 0. The summed E-state index contributed by atoms with van der Waals surface area (Å²) in [6, 6.07) is 8.92. The zero-order chi connectivity index (χ0) is 14.5. The molecular weight excluding hydrogens is 256 g/mol. The molecule has 1 aliphatic rings. The molecule has 0 fully saturated rings. The van der Waals surface area contributed by atoms with Crippen LogP contribution in [0.3, 0.4) is 0 Å². The smallest absolute Gasteiger partial charge is 0.297 e. The Hall–Kier alpha value is -2.69. The SMILES string of the molecule is CC1=CC(=NOC(=O)Nc2ccccc2)C(C)=CC1=O. The monoisotopic (exact) mass is 270 g/mol. The van der Waals surface area contributed by atoms with Gasteiger partial charge in [-0.3, -0.25) is 14.9 Å². The Morgan fingerprint density at radius 3 is 2.50 bits per heavy atom. The molecule has 0 bridgehead atoms. The van der Waals surface area contributed by atoms with Gasteiger partial charge in [-0.05, 0) is 49.3 Å². The highest BCUT2D eigenvalue weighted by Crippen LogP contribution is 2.12. The van der Waals surface area contributed by atoms with Crippen molar-refractivity contribution in [3.05, 3.63) is 53.6 Å². The van der Waals surface area contributed by atoms with Crippen molar-refractivity contribution in [2.75, 3.05) is 5.32 Å². The molecule has 1 amide bonds. The molecule has 5 nitrogen and oxygen atoms in total. The molecule has 1 aromatic rings. The van der Waals surface area contributed by atoms with Crippen LogP contribution in [0.15, 0.2) is 58.8 Å². The lowest BCUT2D eigenvalue weighted by Crippen LogP contribution is -2.14. The van der Waals surface area contributed by atoms with Crippen LogP contribution >= 0.6 is 0 Å². The summed E-state index contributed by atoms with van der Waals surface area (Å²) in [5.74, 6) is -0.0600. The van der Waals surface area contributed by atoms with Gasteiger partial charge < -0.3 is 0 Å². The molecule has 5 heteroatoms. The number of hydrogen-bond donors (Lipinski definition) is 1. The van der Waals surface area contributed by atoms with Crippen molar-refractivity contribution in [1.82, 2.24) is 0 Å². The number of ketones is 1. The molecule has 0 saturated heterocycles. The number of nitrogens with zero attached hydrogens (tertiary/aromatic N) is 1. The van der Waals surface area contributed by atoms with Crippen LogP contribution in [0.2, 0.25) is 0 Å². The minimum Gasteiger partial charge on any atom is -0.297 e. The number of nitrogens with one attached hydrogen (secondary N) is 1. The highest BCUT2D eigenvalue weighted by Gasteiger charge is 2.13. The minimum atomic E-state index is -0.681. The van der Waals surface area contributed by atoms with Crippen LogP contribution in [-0.4, -0.2) is 17.6 Å². The first-order chi connectivity index (χ1) is 9.56. The zero-order valence-electron chi connectivity index (χ0n) is 11.2. The predicted octanol–water partition coefficient (Wildman–Crippen LogP) is 3.07. The van der Waals surface area contributed by atoms with E-state index in [1.165, 1.54) is 6.08 Å². The molecule has 0 aliphatic heterocycles. The van der Waals surface area contributed by atoms with Crippen molar-refractivity contribution < 1.29 is 14.4 Å². The number of benzene rings is 1. The van der Waals surface area contributed by atoms with Crippen LogP contribution in [0.5, 0.6) is 0 Å². The molecule has 1 aliphatic carbocycles. The molecule has 0 aromatic heterocycles. The van der Waals surface area contributed by atoms with Crippen molar-refractivity contribution in [2.45, 2.75) is 13.8 Å². The third-order valence-corrected chi connectivity index (χ3v) is 2.74. The van der Waals surface area contributed by atoms with Gasteiger partial charge in [0.25, 0.3) is 0 Å². The number of para-hydroxylation sites is 1. The van der Waals surface area contributed by atoms with E-state index >= 15 is 0 Å². The highest BCUT2D eigenvalue weighted by molar-refractivity contribution is 6.21. The van der Waals surface area contributed by atoms with Gasteiger partial charge in [-0.2, -0.15) is 0 Å². The van der Waals surface area contributed by atoms with Gasteiger partial charge in [-0.15, -0.1) is 0 Å². The van der Waals surface area contributed by atoms with Gasteiger partial charge in [0, 0.05) is 5.69 Å². The molecule has 102 valence electrons. The second-order valence-electron chi connectivity index (χ2n) is 4.37. The summed E-state index contributed by atoms with van der Waals surface area (Å²) in [4.78, 5) is 27.8. The van der Waals surface area contributed by atoms with Crippen molar-refractivity contribution in [3.63, 3.8) is 0 Å². The van der Waals surface area contributed by atoms with E-state index in [0.29, 0.717) is 22.5 Å². The second-order valence-corrected chi connectivity index (χ2v) is 4.37. The Labute approximate surface area is 116 Å². The fraction of sp³-hybridized carbons (Fsp3) is 0.133. The standard InChI is InChI=1S/C15H14N2O3/c1-10-9-14(18)11(2)8-13(10)17-20-15(19)16-12-6-4-3-5-7-12/h3-9H,1-2H3,(H,16,19). The van der Waals surface area contributed by atoms with E-state index in [1.807, 2.05) is 6.07 Å². The van der Waals surface area contributed by atoms with Crippen LogP contribution in [0.4, 0.5) is 10.5 Å². The molecule has 0 atom stereocenters. The molecule has 0 saturated carbocycles.